The van der Waals surface area contributed by atoms with Crippen molar-refractivity contribution < 1.29 is 22.8 Å². The van der Waals surface area contributed by atoms with Gasteiger partial charge in [0.1, 0.15) is 4.83 Å². The molecule has 0 aliphatic rings. The summed E-state index contributed by atoms with van der Waals surface area (Å²) in [6.45, 7) is 5.01. The van der Waals surface area contributed by atoms with Crippen LogP contribution in [-0.2, 0) is 33.0 Å². The van der Waals surface area contributed by atoms with Crippen LogP contribution in [0.15, 0.2) is 122 Å². The Bertz CT molecular complexity index is 2460. The molecule has 8 aromatic rings. The van der Waals surface area contributed by atoms with Crippen LogP contribution in [0.1, 0.15) is 33.6 Å². The first-order valence-corrected chi connectivity index (χ1v) is 24.9. The molecule has 4 aromatic heterocycles. The Hall–Kier alpha value is -3.94. The molecule has 0 N–H and O–H groups in total. The van der Waals surface area contributed by atoms with Gasteiger partial charge < -0.3 is 4.57 Å². The third-order valence-electron chi connectivity index (χ3n) is 8.77. The van der Waals surface area contributed by atoms with E-state index in [9.17, 15) is 0 Å². The van der Waals surface area contributed by atoms with Crippen LogP contribution >= 0.6 is 11.3 Å². The van der Waals surface area contributed by atoms with Gasteiger partial charge in [0.25, 0.3) is 0 Å². The summed E-state index contributed by atoms with van der Waals surface area (Å²) in [5.74, 6) is 7.60. The van der Waals surface area contributed by atoms with Crippen molar-refractivity contribution in [2.24, 2.45) is 0 Å². The number of rotatable bonds is 7. The topological polar surface area (TPSA) is 43.6 Å². The van der Waals surface area contributed by atoms with E-state index in [1.807, 2.05) is 98.2 Å². The van der Waals surface area contributed by atoms with Crippen LogP contribution in [0.3, 0.4) is 0 Å². The number of hydrogen-bond donors (Lipinski definition) is 0. The van der Waals surface area contributed by atoms with Crippen molar-refractivity contribution >= 4 is 60.3 Å². The molecule has 50 heavy (non-hydrogen) atoms. The van der Waals surface area contributed by atoms with Crippen molar-refractivity contribution in [3.63, 3.8) is 0 Å². The molecule has 1 atom stereocenters. The summed E-state index contributed by atoms with van der Waals surface area (Å²) in [5.41, 5.74) is 6.74. The zero-order chi connectivity index (χ0) is 35.8. The molecule has 0 amide bonds. The van der Waals surface area contributed by atoms with E-state index in [0.717, 1.165) is 55.1 Å². The van der Waals surface area contributed by atoms with E-state index in [0.29, 0.717) is 0 Å². The average molecular weight is 912 g/mol. The fourth-order valence-electron chi connectivity index (χ4n) is 6.26. The number of fused-ring (bicyclic) bond motifs is 4. The molecule has 1 radical (unpaired) electrons. The maximum Gasteiger partial charge on any atom is 0 e. The molecule has 4 heterocycles. The van der Waals surface area contributed by atoms with Crippen LogP contribution in [0.4, 0.5) is 0 Å². The van der Waals surface area contributed by atoms with Crippen LogP contribution in [0.5, 0.6) is 0 Å². The second kappa shape index (κ2) is 15.5. The molecule has 4 nitrogen and oxygen atoms in total. The van der Waals surface area contributed by atoms with Gasteiger partial charge in [-0.25, -0.2) is 4.98 Å². The van der Waals surface area contributed by atoms with Crippen molar-refractivity contribution in [1.82, 2.24) is 19.5 Å². The smallest absolute Gasteiger partial charge is 0 e. The number of nitrogens with zero attached hydrogens (tertiary/aromatic N) is 4. The largest absolute Gasteiger partial charge is 0 e. The van der Waals surface area contributed by atoms with E-state index >= 15 is 0 Å². The van der Waals surface area contributed by atoms with E-state index < -0.39 is 19.6 Å². The van der Waals surface area contributed by atoms with E-state index in [2.05, 4.69) is 81.2 Å². The first-order chi connectivity index (χ1) is 24.6. The average Bonchev–Trinajstić information content (AvgIpc) is 3.73. The van der Waals surface area contributed by atoms with Crippen molar-refractivity contribution in [2.75, 3.05) is 0 Å². The van der Waals surface area contributed by atoms with Gasteiger partial charge in [0.15, 0.2) is 0 Å². The predicted octanol–water partition coefficient (Wildman–Crippen LogP) is 10.7. The number of thiophene rings is 1. The minimum Gasteiger partial charge on any atom is 0 e. The monoisotopic (exact) mass is 913 g/mol. The van der Waals surface area contributed by atoms with Crippen molar-refractivity contribution in [2.45, 2.75) is 50.0 Å². The van der Waals surface area contributed by atoms with Gasteiger partial charge >= 0.3 is 157 Å². The van der Waals surface area contributed by atoms with Gasteiger partial charge in [-0.05, 0) is 35.2 Å². The minimum absolute atomic E-state index is 0. The van der Waals surface area contributed by atoms with Crippen molar-refractivity contribution in [3.8, 4) is 22.6 Å². The van der Waals surface area contributed by atoms with Gasteiger partial charge in [-0.3, -0.25) is 4.98 Å². The van der Waals surface area contributed by atoms with Gasteiger partial charge in [-0.2, -0.15) is 11.3 Å². The van der Waals surface area contributed by atoms with Gasteiger partial charge in [0.05, 0.1) is 16.9 Å². The fraction of sp³-hybridized carbons (Fsp3) is 0.186. The molecule has 0 aliphatic heterocycles. The maximum absolute atomic E-state index is 9.05. The fourth-order valence-corrected chi connectivity index (χ4v) is 10.3. The van der Waals surface area contributed by atoms with Crippen LogP contribution in [-0.4, -0.2) is 32.8 Å². The summed E-state index contributed by atoms with van der Waals surface area (Å²) in [4.78, 5) is 15.1. The Labute approximate surface area is 318 Å². The minimum atomic E-state index is -2.32. The quantitative estimate of drug-likeness (QED) is 0.118. The summed E-state index contributed by atoms with van der Waals surface area (Å²) in [5, 5.41) is 2.43. The Morgan fingerprint density at radius 3 is 2.40 bits per heavy atom. The number of imidazole rings is 1. The number of pyridine rings is 2. The Balaban J connectivity index is 0.000000176. The van der Waals surface area contributed by atoms with Gasteiger partial charge in [0, 0.05) is 32.8 Å². The van der Waals surface area contributed by atoms with Crippen LogP contribution in [0, 0.1) is 12.1 Å². The van der Waals surface area contributed by atoms with E-state index in [-0.39, 0.29) is 26.0 Å². The van der Waals surface area contributed by atoms with Crippen molar-refractivity contribution in [1.29, 1.82) is 0 Å². The number of aryl methyl sites for hydroxylation is 1. The number of aromatic nitrogens is 4. The Morgan fingerprint density at radius 2 is 1.64 bits per heavy atom. The SMILES string of the molecule is CCn1c(-c2[c-]ccc3c2sc2ncccc23)nc2ccccc21.[2H]C([2H])(c1cc(-c2[c-]cccc2)nc[c]1[Ge]([CH3])([CH3])[CH3])C(C)c1ccccc1.[Ir]. The molecule has 7 heteroatoms. The van der Waals surface area contributed by atoms with E-state index in [4.69, 9.17) is 7.73 Å². The molecule has 0 saturated carbocycles. The molecule has 1 unspecified atom stereocenters. The van der Waals surface area contributed by atoms with Crippen molar-refractivity contribution in [3.05, 3.63) is 145 Å². The molecule has 8 rings (SSSR count). The molecule has 0 saturated heterocycles. The first kappa shape index (κ1) is 33.2. The molecule has 0 bridgehead atoms. The predicted molar refractivity (Wildman–Crippen MR) is 210 cm³/mol. The second-order valence-electron chi connectivity index (χ2n) is 13.1. The number of hydrogen-bond acceptors (Lipinski definition) is 4. The van der Waals surface area contributed by atoms with Crippen LogP contribution in [0.25, 0.3) is 54.0 Å². The summed E-state index contributed by atoms with van der Waals surface area (Å²) in [6, 6.07) is 42.8. The van der Waals surface area contributed by atoms with E-state index in [1.54, 1.807) is 11.3 Å². The molecular weight excluding hydrogens is 869 g/mol. The normalized spacial score (nSPS) is 12.9. The molecule has 4 aromatic carbocycles. The first-order valence-electron chi connectivity index (χ1n) is 17.7. The maximum atomic E-state index is 9.05. The zero-order valence-corrected chi connectivity index (χ0v) is 34.2. The number of benzene rings is 4. The second-order valence-corrected chi connectivity index (χ2v) is 24.7. The molecule has 0 spiro atoms. The Kier molecular flexibility index (Phi) is 10.3. The molecule has 0 fully saturated rings. The van der Waals surface area contributed by atoms with E-state index in [1.165, 1.54) is 21.0 Å². The third kappa shape index (κ3) is 7.40. The Morgan fingerprint density at radius 1 is 0.860 bits per heavy atom. The zero-order valence-electron chi connectivity index (χ0n) is 30.9. The molecule has 253 valence electrons. The summed E-state index contributed by atoms with van der Waals surface area (Å²) in [7, 11) is 0. The standard InChI is InChI=1S/C23H26GeN.C20H14N3S.Ir/c1-18(19-11-7-5-8-12-19)15-21-16-23(20-13-9-6-10-14-20)25-17-22(21)24(2,3)4;1-2-23-17-11-4-3-10-16(17)22-19(23)15-8-5-7-13-14-9-6-12-21-20(14)24-18(13)15;/h5-13,16-18H,15H2,1-4H3;3-7,9-12H,2H2,1H3;/q2*-1;/i15D2;;. The summed E-state index contributed by atoms with van der Waals surface area (Å²) < 4.78 is 22.7. The number of para-hydroxylation sites is 2. The third-order valence-corrected chi connectivity index (χ3v) is 14.1. The summed E-state index contributed by atoms with van der Waals surface area (Å²) in [6.07, 6.45) is 2.28. The van der Waals surface area contributed by atoms with Gasteiger partial charge in [-0.1, -0.05) is 29.1 Å². The van der Waals surface area contributed by atoms with Crippen LogP contribution in [0.2, 0.25) is 17.3 Å². The summed E-state index contributed by atoms with van der Waals surface area (Å²) >= 11 is -0.603. The molecule has 0 aliphatic carbocycles. The van der Waals surface area contributed by atoms with Crippen LogP contribution < -0.4 is 4.40 Å². The van der Waals surface area contributed by atoms with Gasteiger partial charge in [-0.15, -0.1) is 18.2 Å². The molecular formula is C43H40GeIrN4S-2. The van der Waals surface area contributed by atoms with Gasteiger partial charge in [0.2, 0.25) is 0 Å².